The Morgan fingerprint density at radius 1 is 1.21 bits per heavy atom. The van der Waals surface area contributed by atoms with Gasteiger partial charge in [0.25, 0.3) is 5.69 Å². The molecule has 0 saturated heterocycles. The summed E-state index contributed by atoms with van der Waals surface area (Å²) in [4.78, 5) is 10.7. The Labute approximate surface area is 172 Å². The highest BCUT2D eigenvalue weighted by Gasteiger charge is 2.25. The van der Waals surface area contributed by atoms with Crippen molar-refractivity contribution in [3.8, 4) is 0 Å². The van der Waals surface area contributed by atoms with E-state index in [-0.39, 0.29) is 29.4 Å². The van der Waals surface area contributed by atoms with Gasteiger partial charge in [-0.25, -0.2) is 8.42 Å². The van der Waals surface area contributed by atoms with Crippen LogP contribution >= 0.6 is 15.9 Å². The van der Waals surface area contributed by atoms with Crippen LogP contribution < -0.4 is 5.43 Å². The van der Waals surface area contributed by atoms with E-state index in [9.17, 15) is 18.5 Å². The van der Waals surface area contributed by atoms with E-state index in [0.29, 0.717) is 5.71 Å². The lowest BCUT2D eigenvalue weighted by atomic mass is 10.1. The number of benzene rings is 2. The Bertz CT molecular complexity index is 1000. The number of nitrogens with zero attached hydrogens (tertiary/aromatic N) is 3. The number of anilines is 1. The zero-order chi connectivity index (χ0) is 20.9. The molecule has 2 aromatic rings. The molecule has 28 heavy (non-hydrogen) atoms. The van der Waals surface area contributed by atoms with Crippen molar-refractivity contribution >= 4 is 43.0 Å². The van der Waals surface area contributed by atoms with Crippen LogP contribution in [-0.2, 0) is 10.0 Å². The fraction of sp³-hybridized carbons (Fsp3) is 0.278. The van der Waals surface area contributed by atoms with Crippen LogP contribution in [0.1, 0.15) is 26.3 Å². The first-order valence-electron chi connectivity index (χ1n) is 8.55. The molecule has 0 aliphatic heterocycles. The van der Waals surface area contributed by atoms with E-state index in [1.807, 2.05) is 24.3 Å². The monoisotopic (exact) mass is 468 g/mol. The summed E-state index contributed by atoms with van der Waals surface area (Å²) in [6.45, 7) is 5.75. The molecule has 0 radical (unpaired) electrons. The zero-order valence-corrected chi connectivity index (χ0v) is 18.1. The average molecular weight is 469 g/mol. The lowest BCUT2D eigenvalue weighted by Crippen LogP contribution is -2.30. The maximum Gasteiger partial charge on any atom is 0.295 e. The molecule has 0 aliphatic carbocycles. The van der Waals surface area contributed by atoms with Gasteiger partial charge < -0.3 is 0 Å². The highest BCUT2D eigenvalue weighted by molar-refractivity contribution is 9.10. The van der Waals surface area contributed by atoms with Crippen LogP contribution in [0.3, 0.4) is 0 Å². The predicted octanol–water partition coefficient (Wildman–Crippen LogP) is 4.22. The fourth-order valence-corrected chi connectivity index (χ4v) is 4.43. The minimum atomic E-state index is -3.79. The molecule has 2 aromatic carbocycles. The van der Waals surface area contributed by atoms with Crippen molar-refractivity contribution in [1.29, 1.82) is 0 Å². The molecule has 0 atom stereocenters. The number of hydrogen-bond donors (Lipinski definition) is 1. The Morgan fingerprint density at radius 3 is 2.46 bits per heavy atom. The van der Waals surface area contributed by atoms with Crippen LogP contribution in [0.4, 0.5) is 11.4 Å². The van der Waals surface area contributed by atoms with E-state index < -0.39 is 14.9 Å². The van der Waals surface area contributed by atoms with Gasteiger partial charge in [-0.15, -0.1) is 0 Å². The van der Waals surface area contributed by atoms with Gasteiger partial charge in [0.05, 0.1) is 15.5 Å². The molecule has 0 fully saturated rings. The summed E-state index contributed by atoms with van der Waals surface area (Å²) in [5, 5.41) is 15.7. The highest BCUT2D eigenvalue weighted by atomic mass is 79.9. The van der Waals surface area contributed by atoms with Gasteiger partial charge >= 0.3 is 0 Å². The molecular formula is C18H21BrN4O4S. The minimum Gasteiger partial charge on any atom is -0.271 e. The molecular weight excluding hydrogens is 448 g/mol. The van der Waals surface area contributed by atoms with Crippen LogP contribution in [0.15, 0.2) is 56.9 Å². The second-order valence-electron chi connectivity index (χ2n) is 5.84. The molecule has 0 aliphatic rings. The van der Waals surface area contributed by atoms with Gasteiger partial charge in [-0.1, -0.05) is 41.9 Å². The minimum absolute atomic E-state index is 0.109. The van der Waals surface area contributed by atoms with Crippen LogP contribution in [0.25, 0.3) is 0 Å². The van der Waals surface area contributed by atoms with Gasteiger partial charge in [-0.05, 0) is 36.8 Å². The molecule has 0 amide bonds. The highest BCUT2D eigenvalue weighted by Crippen LogP contribution is 2.29. The fourth-order valence-electron chi connectivity index (χ4n) is 2.55. The van der Waals surface area contributed by atoms with Gasteiger partial charge in [-0.2, -0.15) is 9.41 Å². The number of nitro groups is 1. The van der Waals surface area contributed by atoms with Crippen molar-refractivity contribution < 1.29 is 13.3 Å². The number of hydrazone groups is 1. The molecule has 10 heteroatoms. The molecule has 0 unspecified atom stereocenters. The first-order chi connectivity index (χ1) is 13.2. The Balaban J connectivity index is 2.38. The molecule has 0 aromatic heterocycles. The van der Waals surface area contributed by atoms with Crippen molar-refractivity contribution in [3.63, 3.8) is 0 Å². The third-order valence-electron chi connectivity index (χ3n) is 4.10. The van der Waals surface area contributed by atoms with Crippen LogP contribution in [0.5, 0.6) is 0 Å². The Hall–Kier alpha value is -2.30. The van der Waals surface area contributed by atoms with E-state index in [1.165, 1.54) is 16.4 Å². The van der Waals surface area contributed by atoms with Crippen molar-refractivity contribution in [2.75, 3.05) is 18.5 Å². The number of sulfonamides is 1. The SMILES string of the molecule is CCN(CC)S(=O)(=O)c1ccc(NN=C(C)c2cccc(Br)c2)c([N+](=O)[O-])c1. The molecule has 150 valence electrons. The van der Waals surface area contributed by atoms with Gasteiger partial charge in [0, 0.05) is 23.6 Å². The molecule has 2 rings (SSSR count). The molecule has 0 saturated carbocycles. The summed E-state index contributed by atoms with van der Waals surface area (Å²) in [6.07, 6.45) is 0. The third kappa shape index (κ3) is 4.94. The Morgan fingerprint density at radius 2 is 1.89 bits per heavy atom. The summed E-state index contributed by atoms with van der Waals surface area (Å²) in [5.41, 5.74) is 3.88. The van der Waals surface area contributed by atoms with Crippen LogP contribution in [0.2, 0.25) is 0 Å². The maximum atomic E-state index is 12.6. The van der Waals surface area contributed by atoms with Gasteiger partial charge in [0.1, 0.15) is 5.69 Å². The Kier molecular flexibility index (Phi) is 7.28. The predicted molar refractivity (Wildman–Crippen MR) is 113 cm³/mol. The smallest absolute Gasteiger partial charge is 0.271 e. The van der Waals surface area contributed by atoms with Gasteiger partial charge in [0.15, 0.2) is 0 Å². The number of nitrogens with one attached hydrogen (secondary N) is 1. The van der Waals surface area contributed by atoms with E-state index in [0.717, 1.165) is 16.1 Å². The number of nitro benzene ring substituents is 1. The van der Waals surface area contributed by atoms with E-state index >= 15 is 0 Å². The summed E-state index contributed by atoms with van der Waals surface area (Å²) in [6, 6.07) is 11.2. The van der Waals surface area contributed by atoms with Gasteiger partial charge in [0.2, 0.25) is 10.0 Å². The average Bonchev–Trinajstić information content (AvgIpc) is 2.66. The summed E-state index contributed by atoms with van der Waals surface area (Å²) in [7, 11) is -3.79. The third-order valence-corrected chi connectivity index (χ3v) is 6.63. The van der Waals surface area contributed by atoms with E-state index in [2.05, 4.69) is 26.5 Å². The first-order valence-corrected chi connectivity index (χ1v) is 10.8. The van der Waals surface area contributed by atoms with E-state index in [1.54, 1.807) is 20.8 Å². The summed E-state index contributed by atoms with van der Waals surface area (Å²) in [5.74, 6) is 0. The largest absolute Gasteiger partial charge is 0.295 e. The first kappa shape index (κ1) is 22.0. The second-order valence-corrected chi connectivity index (χ2v) is 8.70. The molecule has 0 heterocycles. The summed E-state index contributed by atoms with van der Waals surface area (Å²) >= 11 is 3.38. The van der Waals surface area contributed by atoms with Crippen LogP contribution in [-0.4, -0.2) is 36.4 Å². The standard InChI is InChI=1S/C18H21BrN4O4S/c1-4-22(5-2)28(26,27)16-9-10-17(18(12-16)23(24)25)21-20-13(3)14-7-6-8-15(19)11-14/h6-12,21H,4-5H2,1-3H3. The lowest BCUT2D eigenvalue weighted by molar-refractivity contribution is -0.384. The normalized spacial score (nSPS) is 12.2. The van der Waals surface area contributed by atoms with Crippen molar-refractivity contribution in [2.45, 2.75) is 25.7 Å². The molecule has 1 N–H and O–H groups in total. The second kappa shape index (κ2) is 9.26. The maximum absolute atomic E-state index is 12.6. The quantitative estimate of drug-likeness (QED) is 0.354. The van der Waals surface area contributed by atoms with Crippen molar-refractivity contribution in [2.24, 2.45) is 5.10 Å². The van der Waals surface area contributed by atoms with Crippen molar-refractivity contribution in [1.82, 2.24) is 4.31 Å². The number of halogens is 1. The lowest BCUT2D eigenvalue weighted by Gasteiger charge is -2.18. The number of hydrogen-bond acceptors (Lipinski definition) is 6. The summed E-state index contributed by atoms with van der Waals surface area (Å²) < 4.78 is 27.4. The zero-order valence-electron chi connectivity index (χ0n) is 15.7. The van der Waals surface area contributed by atoms with Gasteiger partial charge in [-0.3, -0.25) is 15.5 Å². The van der Waals surface area contributed by atoms with E-state index in [4.69, 9.17) is 0 Å². The van der Waals surface area contributed by atoms with Crippen LogP contribution in [0, 0.1) is 10.1 Å². The molecule has 8 nitrogen and oxygen atoms in total. The van der Waals surface area contributed by atoms with Crippen molar-refractivity contribution in [3.05, 3.63) is 62.6 Å². The topological polar surface area (TPSA) is 105 Å². The molecule has 0 bridgehead atoms. The number of rotatable bonds is 8. The molecule has 0 spiro atoms.